The van der Waals surface area contributed by atoms with Gasteiger partial charge in [-0.05, 0) is 59.2 Å². The molecule has 0 fully saturated rings. The summed E-state index contributed by atoms with van der Waals surface area (Å²) in [7, 11) is 0. The molecule has 0 aliphatic carbocycles. The van der Waals surface area contributed by atoms with E-state index >= 15 is 0 Å². The average molecular weight is 412 g/mol. The third kappa shape index (κ3) is 2.96. The second-order valence-electron chi connectivity index (χ2n) is 8.53. The fraction of sp³-hybridized carbons (Fsp3) is 0.103. The number of hydrogen-bond acceptors (Lipinski definition) is 3. The van der Waals surface area contributed by atoms with Crippen LogP contribution in [-0.2, 0) is 5.41 Å². The van der Waals surface area contributed by atoms with Gasteiger partial charge in [-0.1, -0.05) is 62.4 Å². The number of anilines is 3. The Kier molecular flexibility index (Phi) is 4.54. The van der Waals surface area contributed by atoms with E-state index in [0.29, 0.717) is 11.1 Å². The summed E-state index contributed by atoms with van der Waals surface area (Å²) in [4.78, 5) is 2.30. The van der Waals surface area contributed by atoms with E-state index in [1.54, 1.807) is 18.2 Å². The highest BCUT2D eigenvalue weighted by Gasteiger charge is 2.36. The lowest BCUT2D eigenvalue weighted by Crippen LogP contribution is -2.30. The molecule has 0 aromatic heterocycles. The van der Waals surface area contributed by atoms with E-state index in [9.17, 15) is 10.5 Å². The standard InChI is InChI=1S/C29H21N3/c1-29(2)25-7-3-5-9-27(25)32(28-10-6-4-8-26(28)29)23-15-13-21(14-16-23)24-17-20(18-30)11-12-22(24)19-31/h3-17H,1-2H3. The highest BCUT2D eigenvalue weighted by atomic mass is 15.2. The number of benzene rings is 4. The largest absolute Gasteiger partial charge is 0.310 e. The van der Waals surface area contributed by atoms with Crippen molar-refractivity contribution in [1.29, 1.82) is 10.5 Å². The first kappa shape index (κ1) is 19.6. The van der Waals surface area contributed by atoms with Crippen molar-refractivity contribution in [2.24, 2.45) is 0 Å². The van der Waals surface area contributed by atoms with E-state index in [0.717, 1.165) is 16.8 Å². The molecule has 1 aliphatic heterocycles. The van der Waals surface area contributed by atoms with E-state index in [-0.39, 0.29) is 5.41 Å². The van der Waals surface area contributed by atoms with Gasteiger partial charge in [0, 0.05) is 16.7 Å². The van der Waals surface area contributed by atoms with Crippen molar-refractivity contribution >= 4 is 17.1 Å². The highest BCUT2D eigenvalue weighted by Crippen LogP contribution is 2.51. The first-order valence-corrected chi connectivity index (χ1v) is 10.6. The van der Waals surface area contributed by atoms with Gasteiger partial charge in [-0.3, -0.25) is 0 Å². The zero-order valence-corrected chi connectivity index (χ0v) is 18.0. The number of hydrogen-bond donors (Lipinski definition) is 0. The molecule has 1 heterocycles. The summed E-state index contributed by atoms with van der Waals surface area (Å²) in [5.41, 5.74) is 8.69. The molecule has 0 amide bonds. The molecule has 3 heteroatoms. The molecule has 0 saturated carbocycles. The molecular weight excluding hydrogens is 390 g/mol. The fourth-order valence-corrected chi connectivity index (χ4v) is 4.69. The second kappa shape index (κ2) is 7.41. The Hall–Kier alpha value is -4.34. The molecule has 0 bridgehead atoms. The summed E-state index contributed by atoms with van der Waals surface area (Å²) in [6.07, 6.45) is 0. The molecular formula is C29H21N3. The van der Waals surface area contributed by atoms with Crippen LogP contribution < -0.4 is 4.90 Å². The van der Waals surface area contributed by atoms with Gasteiger partial charge in [0.1, 0.15) is 0 Å². The Morgan fingerprint density at radius 1 is 0.688 bits per heavy atom. The lowest BCUT2D eigenvalue weighted by molar-refractivity contribution is 0.632. The minimum atomic E-state index is -0.0942. The summed E-state index contributed by atoms with van der Waals surface area (Å²) in [5.74, 6) is 0. The van der Waals surface area contributed by atoms with Crippen molar-refractivity contribution < 1.29 is 0 Å². The van der Waals surface area contributed by atoms with Gasteiger partial charge in [-0.25, -0.2) is 0 Å². The maximum atomic E-state index is 9.53. The summed E-state index contributed by atoms with van der Waals surface area (Å²) < 4.78 is 0. The van der Waals surface area contributed by atoms with Crippen molar-refractivity contribution in [3.8, 4) is 23.3 Å². The van der Waals surface area contributed by atoms with Crippen LogP contribution in [-0.4, -0.2) is 0 Å². The maximum Gasteiger partial charge on any atom is 0.0998 e. The topological polar surface area (TPSA) is 50.8 Å². The van der Waals surface area contributed by atoms with Crippen LogP contribution in [0.25, 0.3) is 11.1 Å². The Balaban J connectivity index is 1.65. The summed E-state index contributed by atoms with van der Waals surface area (Å²) in [6, 6.07) is 34.9. The van der Waals surface area contributed by atoms with Crippen LogP contribution in [0.5, 0.6) is 0 Å². The first-order chi connectivity index (χ1) is 15.5. The van der Waals surface area contributed by atoms with Gasteiger partial charge in [0.25, 0.3) is 0 Å². The smallest absolute Gasteiger partial charge is 0.0998 e. The van der Waals surface area contributed by atoms with Crippen molar-refractivity contribution in [3.63, 3.8) is 0 Å². The minimum absolute atomic E-state index is 0.0942. The summed E-state index contributed by atoms with van der Waals surface area (Å²) in [6.45, 7) is 4.55. The van der Waals surface area contributed by atoms with Gasteiger partial charge in [-0.15, -0.1) is 0 Å². The average Bonchev–Trinajstić information content (AvgIpc) is 2.84. The third-order valence-corrected chi connectivity index (χ3v) is 6.34. The Morgan fingerprint density at radius 3 is 1.84 bits per heavy atom. The third-order valence-electron chi connectivity index (χ3n) is 6.34. The molecule has 0 saturated heterocycles. The molecule has 32 heavy (non-hydrogen) atoms. The number of nitriles is 2. The molecule has 0 unspecified atom stereocenters. The van der Waals surface area contributed by atoms with Crippen molar-refractivity contribution in [1.82, 2.24) is 0 Å². The zero-order valence-electron chi connectivity index (χ0n) is 18.0. The Morgan fingerprint density at radius 2 is 1.28 bits per heavy atom. The van der Waals surface area contributed by atoms with Gasteiger partial charge in [0.15, 0.2) is 0 Å². The van der Waals surface area contributed by atoms with Crippen LogP contribution in [0.3, 0.4) is 0 Å². The van der Waals surface area contributed by atoms with E-state index in [2.05, 4.69) is 91.5 Å². The molecule has 5 rings (SSSR count). The van der Waals surface area contributed by atoms with Crippen LogP contribution in [0.2, 0.25) is 0 Å². The van der Waals surface area contributed by atoms with Crippen LogP contribution in [0, 0.1) is 22.7 Å². The molecule has 0 spiro atoms. The fourth-order valence-electron chi connectivity index (χ4n) is 4.69. The number of fused-ring (bicyclic) bond motifs is 2. The molecule has 0 N–H and O–H groups in total. The predicted octanol–water partition coefficient (Wildman–Crippen LogP) is 7.21. The van der Waals surface area contributed by atoms with Crippen LogP contribution in [0.4, 0.5) is 17.1 Å². The minimum Gasteiger partial charge on any atom is -0.310 e. The van der Waals surface area contributed by atoms with E-state index in [1.165, 1.54) is 22.5 Å². The molecule has 4 aromatic rings. The monoisotopic (exact) mass is 411 g/mol. The molecule has 0 radical (unpaired) electrons. The van der Waals surface area contributed by atoms with E-state index < -0.39 is 0 Å². The van der Waals surface area contributed by atoms with Crippen molar-refractivity contribution in [2.75, 3.05) is 4.90 Å². The zero-order chi connectivity index (χ0) is 22.3. The van der Waals surface area contributed by atoms with Crippen LogP contribution in [0.1, 0.15) is 36.1 Å². The number of rotatable bonds is 2. The van der Waals surface area contributed by atoms with Gasteiger partial charge in [-0.2, -0.15) is 10.5 Å². The lowest BCUT2D eigenvalue weighted by Gasteiger charge is -2.42. The van der Waals surface area contributed by atoms with Gasteiger partial charge >= 0.3 is 0 Å². The van der Waals surface area contributed by atoms with Crippen molar-refractivity contribution in [3.05, 3.63) is 113 Å². The van der Waals surface area contributed by atoms with Crippen LogP contribution in [0.15, 0.2) is 91.0 Å². The molecule has 152 valence electrons. The normalized spacial score (nSPS) is 13.4. The predicted molar refractivity (Wildman–Crippen MR) is 128 cm³/mol. The first-order valence-electron chi connectivity index (χ1n) is 10.6. The lowest BCUT2D eigenvalue weighted by atomic mass is 9.73. The van der Waals surface area contributed by atoms with Gasteiger partial charge in [0.05, 0.1) is 34.6 Å². The van der Waals surface area contributed by atoms with E-state index in [4.69, 9.17) is 0 Å². The molecule has 0 atom stereocenters. The van der Waals surface area contributed by atoms with Crippen LogP contribution >= 0.6 is 0 Å². The number of nitrogens with zero attached hydrogens (tertiary/aromatic N) is 3. The van der Waals surface area contributed by atoms with Gasteiger partial charge in [0.2, 0.25) is 0 Å². The summed E-state index contributed by atoms with van der Waals surface area (Å²) in [5, 5.41) is 18.8. The number of para-hydroxylation sites is 2. The molecule has 4 aromatic carbocycles. The molecule has 1 aliphatic rings. The van der Waals surface area contributed by atoms with E-state index in [1.807, 2.05) is 12.1 Å². The SMILES string of the molecule is CC1(C)c2ccccc2N(c2ccc(-c3cc(C#N)ccc3C#N)cc2)c2ccccc21. The Bertz CT molecular complexity index is 1370. The van der Waals surface area contributed by atoms with Crippen molar-refractivity contribution in [2.45, 2.75) is 19.3 Å². The maximum absolute atomic E-state index is 9.53. The van der Waals surface area contributed by atoms with Gasteiger partial charge < -0.3 is 4.90 Å². The highest BCUT2D eigenvalue weighted by molar-refractivity contribution is 5.86. The molecule has 3 nitrogen and oxygen atoms in total. The Labute approximate surface area is 188 Å². The summed E-state index contributed by atoms with van der Waals surface area (Å²) >= 11 is 0. The quantitative estimate of drug-likeness (QED) is 0.350. The second-order valence-corrected chi connectivity index (χ2v) is 8.53.